The molecule has 0 aliphatic heterocycles. The summed E-state index contributed by atoms with van der Waals surface area (Å²) in [5.74, 6) is 1.28. The first-order valence-electron chi connectivity index (χ1n) is 6.93. The van der Waals surface area contributed by atoms with Crippen LogP contribution in [0, 0.1) is 0 Å². The van der Waals surface area contributed by atoms with Crippen LogP contribution in [0.2, 0.25) is 0 Å². The van der Waals surface area contributed by atoms with Gasteiger partial charge in [0, 0.05) is 5.56 Å². The molecular weight excluding hydrogens is 232 g/mol. The summed E-state index contributed by atoms with van der Waals surface area (Å²) in [5, 5.41) is 10.1. The van der Waals surface area contributed by atoms with Crippen LogP contribution in [0.3, 0.4) is 0 Å². The van der Waals surface area contributed by atoms with Crippen LogP contribution >= 0.6 is 0 Å². The molecule has 0 radical (unpaired) electrons. The van der Waals surface area contributed by atoms with Gasteiger partial charge in [-0.25, -0.2) is 0 Å². The molecule has 1 heteroatoms. The van der Waals surface area contributed by atoms with Crippen LogP contribution in [0.1, 0.15) is 50.7 Å². The van der Waals surface area contributed by atoms with Gasteiger partial charge in [0.2, 0.25) is 0 Å². The van der Waals surface area contributed by atoms with Crippen molar-refractivity contribution in [3.05, 3.63) is 53.6 Å². The zero-order chi connectivity index (χ0) is 14.0. The number of phenols is 1. The Kier molecular flexibility index (Phi) is 3.94. The van der Waals surface area contributed by atoms with E-state index < -0.39 is 0 Å². The number of hydrogen-bond acceptors (Lipinski definition) is 1. The Morgan fingerprint density at radius 3 is 2.05 bits per heavy atom. The summed E-state index contributed by atoms with van der Waals surface area (Å²) < 4.78 is 0. The van der Waals surface area contributed by atoms with Gasteiger partial charge in [-0.3, -0.25) is 0 Å². The molecule has 0 aliphatic carbocycles. The SMILES string of the molecule is CC(C)c1ccc(C(C)C)c(-c2ccccc2O)c1. The Morgan fingerprint density at radius 1 is 0.789 bits per heavy atom. The van der Waals surface area contributed by atoms with Crippen LogP contribution in [-0.4, -0.2) is 5.11 Å². The molecule has 0 aromatic heterocycles. The van der Waals surface area contributed by atoms with Gasteiger partial charge in [0.05, 0.1) is 0 Å². The maximum absolute atomic E-state index is 10.1. The molecule has 0 bridgehead atoms. The highest BCUT2D eigenvalue weighted by atomic mass is 16.3. The van der Waals surface area contributed by atoms with Crippen molar-refractivity contribution < 1.29 is 5.11 Å². The van der Waals surface area contributed by atoms with Crippen LogP contribution in [-0.2, 0) is 0 Å². The first-order chi connectivity index (χ1) is 9.00. The van der Waals surface area contributed by atoms with E-state index in [2.05, 4.69) is 45.9 Å². The summed E-state index contributed by atoms with van der Waals surface area (Å²) in [5.41, 5.74) is 4.67. The van der Waals surface area contributed by atoms with E-state index in [1.807, 2.05) is 18.2 Å². The molecule has 2 aromatic carbocycles. The maximum atomic E-state index is 10.1. The Hall–Kier alpha value is -1.76. The van der Waals surface area contributed by atoms with E-state index in [9.17, 15) is 5.11 Å². The van der Waals surface area contributed by atoms with Gasteiger partial charge in [-0.05, 0) is 34.6 Å². The fourth-order valence-corrected chi connectivity index (χ4v) is 2.37. The van der Waals surface area contributed by atoms with Crippen molar-refractivity contribution in [3.63, 3.8) is 0 Å². The van der Waals surface area contributed by atoms with E-state index >= 15 is 0 Å². The van der Waals surface area contributed by atoms with Crippen molar-refractivity contribution in [2.45, 2.75) is 39.5 Å². The topological polar surface area (TPSA) is 20.2 Å². The molecule has 0 fully saturated rings. The molecule has 0 atom stereocenters. The summed E-state index contributed by atoms with van der Waals surface area (Å²) in [6.07, 6.45) is 0. The number of aromatic hydroxyl groups is 1. The molecule has 0 unspecified atom stereocenters. The molecular formula is C18H22O. The van der Waals surface area contributed by atoms with Crippen molar-refractivity contribution in [1.82, 2.24) is 0 Å². The van der Waals surface area contributed by atoms with E-state index in [1.165, 1.54) is 11.1 Å². The zero-order valence-corrected chi connectivity index (χ0v) is 12.1. The molecule has 1 N–H and O–H groups in total. The van der Waals surface area contributed by atoms with E-state index in [4.69, 9.17) is 0 Å². The highest BCUT2D eigenvalue weighted by Gasteiger charge is 2.13. The minimum Gasteiger partial charge on any atom is -0.507 e. The van der Waals surface area contributed by atoms with Crippen LogP contribution < -0.4 is 0 Å². The molecule has 0 saturated carbocycles. The van der Waals surface area contributed by atoms with Crippen LogP contribution in [0.25, 0.3) is 11.1 Å². The fourth-order valence-electron chi connectivity index (χ4n) is 2.37. The third-order valence-electron chi connectivity index (χ3n) is 3.56. The van der Waals surface area contributed by atoms with Crippen molar-refractivity contribution >= 4 is 0 Å². The van der Waals surface area contributed by atoms with Gasteiger partial charge in [-0.2, -0.15) is 0 Å². The second-order valence-electron chi connectivity index (χ2n) is 5.67. The Labute approximate surface area is 115 Å². The Bertz CT molecular complexity index is 568. The Balaban J connectivity index is 2.65. The molecule has 0 heterocycles. The fraction of sp³-hybridized carbons (Fsp3) is 0.333. The quantitative estimate of drug-likeness (QED) is 0.787. The summed E-state index contributed by atoms with van der Waals surface area (Å²) >= 11 is 0. The lowest BCUT2D eigenvalue weighted by Crippen LogP contribution is -1.96. The molecule has 19 heavy (non-hydrogen) atoms. The second-order valence-corrected chi connectivity index (χ2v) is 5.67. The van der Waals surface area contributed by atoms with Gasteiger partial charge in [-0.1, -0.05) is 64.1 Å². The number of rotatable bonds is 3. The molecule has 0 saturated heterocycles. The third-order valence-corrected chi connectivity index (χ3v) is 3.56. The second kappa shape index (κ2) is 5.48. The number of phenolic OH excluding ortho intramolecular Hbond substituents is 1. The average Bonchev–Trinajstić information content (AvgIpc) is 2.38. The molecule has 2 aromatic rings. The molecule has 100 valence electrons. The summed E-state index contributed by atoms with van der Waals surface area (Å²) in [7, 11) is 0. The summed E-state index contributed by atoms with van der Waals surface area (Å²) in [6.45, 7) is 8.76. The highest BCUT2D eigenvalue weighted by Crippen LogP contribution is 2.36. The first-order valence-corrected chi connectivity index (χ1v) is 6.93. The lowest BCUT2D eigenvalue weighted by Gasteiger charge is -2.17. The normalized spacial score (nSPS) is 11.3. The van der Waals surface area contributed by atoms with Crippen LogP contribution in [0.5, 0.6) is 5.75 Å². The van der Waals surface area contributed by atoms with Gasteiger partial charge in [0.1, 0.15) is 5.75 Å². The summed E-state index contributed by atoms with van der Waals surface area (Å²) in [4.78, 5) is 0. The minimum absolute atomic E-state index is 0.352. The third kappa shape index (κ3) is 2.81. The predicted molar refractivity (Wildman–Crippen MR) is 81.7 cm³/mol. The minimum atomic E-state index is 0.352. The standard InChI is InChI=1S/C18H22O/c1-12(2)14-9-10-15(13(3)4)17(11-14)16-7-5-6-8-18(16)19/h5-13,19H,1-4H3. The number of para-hydroxylation sites is 1. The largest absolute Gasteiger partial charge is 0.507 e. The Morgan fingerprint density at radius 2 is 1.47 bits per heavy atom. The molecule has 2 rings (SSSR count). The smallest absolute Gasteiger partial charge is 0.123 e. The maximum Gasteiger partial charge on any atom is 0.123 e. The van der Waals surface area contributed by atoms with Crippen LogP contribution in [0.4, 0.5) is 0 Å². The highest BCUT2D eigenvalue weighted by molar-refractivity contribution is 5.74. The predicted octanol–water partition coefficient (Wildman–Crippen LogP) is 5.31. The van der Waals surface area contributed by atoms with Crippen molar-refractivity contribution in [2.75, 3.05) is 0 Å². The van der Waals surface area contributed by atoms with Gasteiger partial charge in [-0.15, -0.1) is 0 Å². The lowest BCUT2D eigenvalue weighted by molar-refractivity contribution is 0.477. The number of benzene rings is 2. The first kappa shape index (κ1) is 13.7. The molecule has 0 amide bonds. The van der Waals surface area contributed by atoms with Crippen molar-refractivity contribution in [2.24, 2.45) is 0 Å². The number of hydrogen-bond donors (Lipinski definition) is 1. The van der Waals surface area contributed by atoms with Crippen molar-refractivity contribution in [1.29, 1.82) is 0 Å². The van der Waals surface area contributed by atoms with Crippen LogP contribution in [0.15, 0.2) is 42.5 Å². The van der Waals surface area contributed by atoms with Gasteiger partial charge in [0.25, 0.3) is 0 Å². The van der Waals surface area contributed by atoms with E-state index in [-0.39, 0.29) is 0 Å². The molecule has 0 aliphatic rings. The van der Waals surface area contributed by atoms with E-state index in [0.717, 1.165) is 11.1 Å². The van der Waals surface area contributed by atoms with Gasteiger partial charge in [0.15, 0.2) is 0 Å². The van der Waals surface area contributed by atoms with Gasteiger partial charge >= 0.3 is 0 Å². The zero-order valence-electron chi connectivity index (χ0n) is 12.1. The van der Waals surface area contributed by atoms with E-state index in [0.29, 0.717) is 17.6 Å². The monoisotopic (exact) mass is 254 g/mol. The average molecular weight is 254 g/mol. The summed E-state index contributed by atoms with van der Waals surface area (Å²) in [6, 6.07) is 14.2. The molecule has 0 spiro atoms. The van der Waals surface area contributed by atoms with Crippen molar-refractivity contribution in [3.8, 4) is 16.9 Å². The molecule has 1 nitrogen and oxygen atoms in total. The van der Waals surface area contributed by atoms with E-state index in [1.54, 1.807) is 6.07 Å². The lowest BCUT2D eigenvalue weighted by atomic mass is 9.88. The van der Waals surface area contributed by atoms with Gasteiger partial charge < -0.3 is 5.11 Å².